The van der Waals surface area contributed by atoms with Crippen molar-refractivity contribution >= 4 is 21.9 Å². The molecule has 1 heterocycles. The molecule has 1 aromatic heterocycles. The van der Waals surface area contributed by atoms with Crippen molar-refractivity contribution in [2.24, 2.45) is 0 Å². The number of furan rings is 1. The maximum atomic E-state index is 12.3. The van der Waals surface area contributed by atoms with E-state index < -0.39 is 27.9 Å². The van der Waals surface area contributed by atoms with Gasteiger partial charge in [-0.3, -0.25) is 4.79 Å². The monoisotopic (exact) mass is 366 g/mol. The van der Waals surface area contributed by atoms with E-state index in [-0.39, 0.29) is 16.4 Å². The average Bonchev–Trinajstić information content (AvgIpc) is 2.95. The summed E-state index contributed by atoms with van der Waals surface area (Å²) >= 11 is 0. The molecule has 1 aromatic carbocycles. The highest BCUT2D eigenvalue weighted by atomic mass is 32.2. The van der Waals surface area contributed by atoms with Crippen molar-refractivity contribution in [3.63, 3.8) is 0 Å². The van der Waals surface area contributed by atoms with Crippen molar-refractivity contribution < 1.29 is 27.5 Å². The van der Waals surface area contributed by atoms with Crippen LogP contribution >= 0.6 is 0 Å². The van der Waals surface area contributed by atoms with Gasteiger partial charge in [0, 0.05) is 20.2 Å². The molecule has 2 N–H and O–H groups in total. The molecule has 0 spiro atoms. The lowest BCUT2D eigenvalue weighted by atomic mass is 10.1. The van der Waals surface area contributed by atoms with Gasteiger partial charge in [-0.2, -0.15) is 0 Å². The van der Waals surface area contributed by atoms with Crippen molar-refractivity contribution in [2.45, 2.75) is 17.9 Å². The molecule has 0 aliphatic rings. The Morgan fingerprint density at radius 2 is 1.80 bits per heavy atom. The topological polar surface area (TPSA) is 117 Å². The van der Waals surface area contributed by atoms with Gasteiger partial charge in [0.1, 0.15) is 10.7 Å². The van der Waals surface area contributed by atoms with Gasteiger partial charge in [0.2, 0.25) is 10.0 Å². The van der Waals surface area contributed by atoms with Crippen molar-refractivity contribution in [3.05, 3.63) is 53.5 Å². The summed E-state index contributed by atoms with van der Waals surface area (Å²) < 4.78 is 30.6. The zero-order valence-electron chi connectivity index (χ0n) is 13.9. The molecule has 0 fully saturated rings. The Kier molecular flexibility index (Phi) is 5.29. The number of aliphatic carboxylic acids is 1. The minimum atomic E-state index is -3.77. The molecule has 0 aliphatic heterocycles. The molecule has 1 amide bonds. The Hall–Kier alpha value is -2.65. The Balaban J connectivity index is 2.31. The molecule has 0 saturated carbocycles. The summed E-state index contributed by atoms with van der Waals surface area (Å²) in [4.78, 5) is 23.6. The number of sulfonamides is 1. The van der Waals surface area contributed by atoms with Gasteiger partial charge in [0.05, 0.1) is 0 Å². The summed E-state index contributed by atoms with van der Waals surface area (Å²) in [5.74, 6) is -2.30. The average molecular weight is 366 g/mol. The standard InChI is InChI=1S/C16H18N2O6S/c1-10-13(25(22,23)18(2)3)9-12(24-10)15(19)17-14(16(20)21)11-7-5-4-6-8-11/h4-9,14H,1-3H3,(H,17,19)(H,20,21). The van der Waals surface area contributed by atoms with Crippen molar-refractivity contribution in [2.75, 3.05) is 14.1 Å². The largest absolute Gasteiger partial charge is 0.479 e. The van der Waals surface area contributed by atoms with E-state index in [0.717, 1.165) is 10.4 Å². The van der Waals surface area contributed by atoms with Gasteiger partial charge in [0.15, 0.2) is 11.8 Å². The number of carboxylic acids is 1. The molecule has 0 bridgehead atoms. The number of carbonyl (C=O) groups excluding carboxylic acids is 1. The SMILES string of the molecule is Cc1oc(C(=O)NC(C(=O)O)c2ccccc2)cc1S(=O)(=O)N(C)C. The number of nitrogens with zero attached hydrogens (tertiary/aromatic N) is 1. The number of aryl methyl sites for hydroxylation is 1. The van der Waals surface area contributed by atoms with E-state index in [9.17, 15) is 23.1 Å². The number of amides is 1. The number of carboxylic acid groups (broad SMARTS) is 1. The number of benzene rings is 1. The third-order valence-corrected chi connectivity index (χ3v) is 5.43. The fourth-order valence-corrected chi connectivity index (χ4v) is 3.22. The third kappa shape index (κ3) is 3.89. The summed E-state index contributed by atoms with van der Waals surface area (Å²) in [5, 5.41) is 11.7. The summed E-state index contributed by atoms with van der Waals surface area (Å²) in [5.41, 5.74) is 0.382. The zero-order valence-corrected chi connectivity index (χ0v) is 14.7. The van der Waals surface area contributed by atoms with Crippen LogP contribution in [0.25, 0.3) is 0 Å². The Morgan fingerprint density at radius 1 is 1.20 bits per heavy atom. The fraction of sp³-hybridized carbons (Fsp3) is 0.250. The summed E-state index contributed by atoms with van der Waals surface area (Å²) in [6.45, 7) is 1.42. The number of nitrogens with one attached hydrogen (secondary N) is 1. The molecule has 1 atom stereocenters. The van der Waals surface area contributed by atoms with Crippen LogP contribution < -0.4 is 5.32 Å². The molecule has 0 aliphatic carbocycles. The van der Waals surface area contributed by atoms with Crippen molar-refractivity contribution in [3.8, 4) is 0 Å². The van der Waals surface area contributed by atoms with Crippen LogP contribution in [0.2, 0.25) is 0 Å². The van der Waals surface area contributed by atoms with Crippen LogP contribution in [-0.4, -0.2) is 43.8 Å². The van der Waals surface area contributed by atoms with Gasteiger partial charge in [-0.05, 0) is 12.5 Å². The van der Waals surface area contributed by atoms with Crippen LogP contribution in [0.4, 0.5) is 0 Å². The first kappa shape index (κ1) is 18.7. The lowest BCUT2D eigenvalue weighted by Crippen LogP contribution is -2.33. The number of hydrogen-bond donors (Lipinski definition) is 2. The maximum absolute atomic E-state index is 12.3. The first-order valence-electron chi connectivity index (χ1n) is 7.26. The summed E-state index contributed by atoms with van der Waals surface area (Å²) in [6.07, 6.45) is 0. The molecule has 134 valence electrons. The number of rotatable bonds is 6. The van der Waals surface area contributed by atoms with Gasteiger partial charge in [0.25, 0.3) is 5.91 Å². The number of carbonyl (C=O) groups is 2. The van der Waals surface area contributed by atoms with Gasteiger partial charge < -0.3 is 14.8 Å². The van der Waals surface area contributed by atoms with Crippen molar-refractivity contribution in [1.82, 2.24) is 9.62 Å². The van der Waals surface area contributed by atoms with Crippen LogP contribution in [0.5, 0.6) is 0 Å². The van der Waals surface area contributed by atoms with E-state index in [0.29, 0.717) is 5.56 Å². The molecule has 2 rings (SSSR count). The molecular formula is C16H18N2O6S. The normalized spacial score (nSPS) is 12.8. The molecule has 0 saturated heterocycles. The summed E-state index contributed by atoms with van der Waals surface area (Å²) in [6, 6.07) is 7.95. The summed E-state index contributed by atoms with van der Waals surface area (Å²) in [7, 11) is -1.06. The molecule has 0 radical (unpaired) electrons. The molecule has 8 nitrogen and oxygen atoms in total. The Morgan fingerprint density at radius 3 is 2.32 bits per heavy atom. The third-order valence-electron chi connectivity index (χ3n) is 3.51. The van der Waals surface area contributed by atoms with Crippen LogP contribution in [0.1, 0.15) is 27.9 Å². The highest BCUT2D eigenvalue weighted by Crippen LogP contribution is 2.23. The minimum Gasteiger partial charge on any atom is -0.479 e. The molecule has 9 heteroatoms. The first-order valence-corrected chi connectivity index (χ1v) is 8.70. The highest BCUT2D eigenvalue weighted by Gasteiger charge is 2.28. The molecule has 1 unspecified atom stereocenters. The second kappa shape index (κ2) is 7.08. The van der Waals surface area contributed by atoms with Gasteiger partial charge in [-0.25, -0.2) is 17.5 Å². The zero-order chi connectivity index (χ0) is 18.8. The highest BCUT2D eigenvalue weighted by molar-refractivity contribution is 7.89. The minimum absolute atomic E-state index is 0.0467. The van der Waals surface area contributed by atoms with Crippen molar-refractivity contribution in [1.29, 1.82) is 0 Å². The van der Waals surface area contributed by atoms with Crippen LogP contribution in [0.15, 0.2) is 45.7 Å². The van der Waals surface area contributed by atoms with Crippen LogP contribution in [0.3, 0.4) is 0 Å². The quantitative estimate of drug-likeness (QED) is 0.798. The predicted molar refractivity (Wildman–Crippen MR) is 88.6 cm³/mol. The van der Waals surface area contributed by atoms with E-state index in [1.807, 2.05) is 0 Å². The Bertz CT molecular complexity index is 887. The van der Waals surface area contributed by atoms with E-state index in [1.165, 1.54) is 21.0 Å². The van der Waals surface area contributed by atoms with E-state index in [1.54, 1.807) is 30.3 Å². The predicted octanol–water partition coefficient (Wildman–Crippen LogP) is 1.39. The second-order valence-corrected chi connectivity index (χ2v) is 7.59. The molecular weight excluding hydrogens is 348 g/mol. The molecule has 2 aromatic rings. The van der Waals surface area contributed by atoms with Gasteiger partial charge in [-0.15, -0.1) is 0 Å². The lowest BCUT2D eigenvalue weighted by molar-refractivity contribution is -0.139. The molecule has 25 heavy (non-hydrogen) atoms. The smallest absolute Gasteiger partial charge is 0.330 e. The van der Waals surface area contributed by atoms with Gasteiger partial charge in [-0.1, -0.05) is 30.3 Å². The second-order valence-electron chi connectivity index (χ2n) is 5.47. The fourth-order valence-electron chi connectivity index (χ4n) is 2.17. The number of hydrogen-bond acceptors (Lipinski definition) is 5. The van der Waals surface area contributed by atoms with Crippen LogP contribution in [-0.2, 0) is 14.8 Å². The van der Waals surface area contributed by atoms with Gasteiger partial charge >= 0.3 is 5.97 Å². The lowest BCUT2D eigenvalue weighted by Gasteiger charge is -2.13. The van der Waals surface area contributed by atoms with E-state index in [4.69, 9.17) is 4.42 Å². The van der Waals surface area contributed by atoms with Crippen LogP contribution in [0, 0.1) is 6.92 Å². The maximum Gasteiger partial charge on any atom is 0.330 e. The van der Waals surface area contributed by atoms with E-state index in [2.05, 4.69) is 5.32 Å². The Labute approximate surface area is 145 Å². The van der Waals surface area contributed by atoms with E-state index >= 15 is 0 Å². The first-order chi connectivity index (χ1) is 11.6.